The van der Waals surface area contributed by atoms with Crippen LogP contribution in [0.2, 0.25) is 10.0 Å². The molecule has 6 heteroatoms. The maximum Gasteiger partial charge on any atom is 0.257 e. The Bertz CT molecular complexity index is 940. The van der Waals surface area contributed by atoms with E-state index in [1.807, 2.05) is 30.3 Å². The van der Waals surface area contributed by atoms with E-state index in [0.717, 1.165) is 11.3 Å². The smallest absolute Gasteiger partial charge is 0.257 e. The number of hydrazone groups is 1. The zero-order valence-corrected chi connectivity index (χ0v) is 15.1. The lowest BCUT2D eigenvalue weighted by molar-refractivity contribution is 0.102. The van der Waals surface area contributed by atoms with Crippen molar-refractivity contribution in [1.82, 2.24) is 0 Å². The molecule has 0 aliphatic carbocycles. The predicted octanol–water partition coefficient (Wildman–Crippen LogP) is 5.69. The summed E-state index contributed by atoms with van der Waals surface area (Å²) in [7, 11) is 0. The van der Waals surface area contributed by atoms with Gasteiger partial charge >= 0.3 is 0 Å². The zero-order valence-electron chi connectivity index (χ0n) is 13.6. The van der Waals surface area contributed by atoms with E-state index in [9.17, 15) is 4.79 Å². The van der Waals surface area contributed by atoms with E-state index in [2.05, 4.69) is 15.8 Å². The van der Waals surface area contributed by atoms with E-state index in [1.165, 1.54) is 0 Å². The molecule has 0 fully saturated rings. The highest BCUT2D eigenvalue weighted by Crippen LogP contribution is 2.18. The van der Waals surface area contributed by atoms with E-state index < -0.39 is 0 Å². The maximum atomic E-state index is 12.3. The molecule has 4 nitrogen and oxygen atoms in total. The third-order valence-corrected chi connectivity index (χ3v) is 4.10. The number of hydrogen-bond acceptors (Lipinski definition) is 3. The van der Waals surface area contributed by atoms with Gasteiger partial charge in [-0.25, -0.2) is 0 Å². The molecule has 2 N–H and O–H groups in total. The second-order valence-corrected chi connectivity index (χ2v) is 6.28. The fraction of sp³-hybridized carbons (Fsp3) is 0. The monoisotopic (exact) mass is 383 g/mol. The van der Waals surface area contributed by atoms with Crippen LogP contribution in [0.25, 0.3) is 0 Å². The van der Waals surface area contributed by atoms with Gasteiger partial charge in [0.1, 0.15) is 0 Å². The Morgan fingerprint density at radius 2 is 1.65 bits per heavy atom. The highest BCUT2D eigenvalue weighted by atomic mass is 35.5. The molecule has 0 unspecified atom stereocenters. The summed E-state index contributed by atoms with van der Waals surface area (Å²) in [6, 6.07) is 21.5. The number of rotatable bonds is 5. The van der Waals surface area contributed by atoms with E-state index in [0.29, 0.717) is 21.3 Å². The largest absolute Gasteiger partial charge is 0.322 e. The minimum absolute atomic E-state index is 0.260. The van der Waals surface area contributed by atoms with E-state index in [4.69, 9.17) is 23.2 Å². The van der Waals surface area contributed by atoms with Gasteiger partial charge in [0.05, 0.1) is 22.5 Å². The molecular weight excluding hydrogens is 369 g/mol. The number of hydrogen-bond donors (Lipinski definition) is 2. The summed E-state index contributed by atoms with van der Waals surface area (Å²) in [5.74, 6) is -0.260. The van der Waals surface area contributed by atoms with Crippen LogP contribution in [0.1, 0.15) is 15.9 Å². The molecule has 3 aromatic carbocycles. The Kier molecular flexibility index (Phi) is 5.89. The van der Waals surface area contributed by atoms with Crippen LogP contribution in [0.5, 0.6) is 0 Å². The van der Waals surface area contributed by atoms with Gasteiger partial charge in [-0.15, -0.1) is 0 Å². The standard InChI is InChI=1S/C20H15Cl2N3O/c21-15-8-10-16(11-9-15)25-23-13-14-4-3-5-17(12-14)24-20(26)18-6-1-2-7-19(18)22/h1-13,25H,(H,24,26)/b23-13-. The average molecular weight is 384 g/mol. The van der Waals surface area contributed by atoms with Crippen molar-refractivity contribution in [2.24, 2.45) is 5.10 Å². The van der Waals surface area contributed by atoms with Crippen molar-refractivity contribution in [3.8, 4) is 0 Å². The molecule has 3 aromatic rings. The Hall–Kier alpha value is -2.82. The van der Waals surface area contributed by atoms with Crippen molar-refractivity contribution >= 4 is 46.7 Å². The molecular formula is C20H15Cl2N3O. The number of anilines is 2. The van der Waals surface area contributed by atoms with Gasteiger partial charge in [0.2, 0.25) is 0 Å². The van der Waals surface area contributed by atoms with Crippen LogP contribution in [0.15, 0.2) is 77.9 Å². The second-order valence-electron chi connectivity index (χ2n) is 5.44. The molecule has 0 bridgehead atoms. The predicted molar refractivity (Wildman–Crippen MR) is 109 cm³/mol. The van der Waals surface area contributed by atoms with E-state index >= 15 is 0 Å². The summed E-state index contributed by atoms with van der Waals surface area (Å²) < 4.78 is 0. The van der Waals surface area contributed by atoms with Crippen molar-refractivity contribution in [2.75, 3.05) is 10.7 Å². The summed E-state index contributed by atoms with van der Waals surface area (Å²) in [6.07, 6.45) is 1.67. The molecule has 0 saturated carbocycles. The molecule has 0 aliphatic rings. The van der Waals surface area contributed by atoms with Crippen LogP contribution < -0.4 is 10.7 Å². The average Bonchev–Trinajstić information content (AvgIpc) is 2.64. The van der Waals surface area contributed by atoms with Gasteiger partial charge in [-0.2, -0.15) is 5.10 Å². The van der Waals surface area contributed by atoms with Crippen molar-refractivity contribution in [2.45, 2.75) is 0 Å². The van der Waals surface area contributed by atoms with Gasteiger partial charge in [-0.05, 0) is 54.1 Å². The highest BCUT2D eigenvalue weighted by Gasteiger charge is 2.09. The van der Waals surface area contributed by atoms with Crippen molar-refractivity contribution in [3.05, 3.63) is 94.0 Å². The zero-order chi connectivity index (χ0) is 18.4. The summed E-state index contributed by atoms with van der Waals surface area (Å²) in [5.41, 5.74) is 5.67. The minimum Gasteiger partial charge on any atom is -0.322 e. The van der Waals surface area contributed by atoms with Crippen LogP contribution in [0.4, 0.5) is 11.4 Å². The first-order valence-corrected chi connectivity index (χ1v) is 8.58. The fourth-order valence-corrected chi connectivity index (χ4v) is 2.59. The molecule has 0 saturated heterocycles. The van der Waals surface area contributed by atoms with Crippen molar-refractivity contribution in [1.29, 1.82) is 0 Å². The van der Waals surface area contributed by atoms with Gasteiger partial charge in [0, 0.05) is 10.7 Å². The lowest BCUT2D eigenvalue weighted by Gasteiger charge is -2.07. The summed E-state index contributed by atoms with van der Waals surface area (Å²) in [4.78, 5) is 12.3. The van der Waals surface area contributed by atoms with Crippen molar-refractivity contribution < 1.29 is 4.79 Å². The molecule has 26 heavy (non-hydrogen) atoms. The van der Waals surface area contributed by atoms with Gasteiger partial charge < -0.3 is 5.32 Å². The third-order valence-electron chi connectivity index (χ3n) is 3.51. The van der Waals surface area contributed by atoms with E-state index in [1.54, 1.807) is 48.7 Å². The maximum absolute atomic E-state index is 12.3. The summed E-state index contributed by atoms with van der Waals surface area (Å²) >= 11 is 11.9. The lowest BCUT2D eigenvalue weighted by atomic mass is 10.2. The first-order chi connectivity index (χ1) is 12.6. The van der Waals surface area contributed by atoms with Crippen LogP contribution >= 0.6 is 23.2 Å². The molecule has 130 valence electrons. The molecule has 0 spiro atoms. The topological polar surface area (TPSA) is 53.5 Å². The van der Waals surface area contributed by atoms with Crippen LogP contribution in [0.3, 0.4) is 0 Å². The molecule has 1 amide bonds. The van der Waals surface area contributed by atoms with Crippen LogP contribution in [0, 0.1) is 0 Å². The molecule has 0 heterocycles. The van der Waals surface area contributed by atoms with Gasteiger partial charge in [0.25, 0.3) is 5.91 Å². The van der Waals surface area contributed by atoms with E-state index in [-0.39, 0.29) is 5.91 Å². The summed E-state index contributed by atoms with van der Waals surface area (Å²) in [6.45, 7) is 0. The van der Waals surface area contributed by atoms with Crippen LogP contribution in [-0.2, 0) is 0 Å². The lowest BCUT2D eigenvalue weighted by Crippen LogP contribution is -2.12. The van der Waals surface area contributed by atoms with Crippen molar-refractivity contribution in [3.63, 3.8) is 0 Å². The Labute approximate surface area is 161 Å². The number of nitrogens with zero attached hydrogens (tertiary/aromatic N) is 1. The fourth-order valence-electron chi connectivity index (χ4n) is 2.25. The molecule has 0 radical (unpaired) electrons. The second kappa shape index (κ2) is 8.52. The van der Waals surface area contributed by atoms with Gasteiger partial charge in [-0.1, -0.05) is 47.5 Å². The number of benzene rings is 3. The molecule has 0 aliphatic heterocycles. The molecule has 3 rings (SSSR count). The normalized spacial score (nSPS) is 10.7. The Morgan fingerprint density at radius 1 is 0.885 bits per heavy atom. The number of halogens is 2. The minimum atomic E-state index is -0.260. The van der Waals surface area contributed by atoms with Gasteiger partial charge in [-0.3, -0.25) is 10.2 Å². The first-order valence-electron chi connectivity index (χ1n) is 7.82. The SMILES string of the molecule is O=C(Nc1cccc(/C=N\Nc2ccc(Cl)cc2)c1)c1ccccc1Cl. The Balaban J connectivity index is 1.66. The quantitative estimate of drug-likeness (QED) is 0.439. The van der Waals surface area contributed by atoms with Crippen LogP contribution in [-0.4, -0.2) is 12.1 Å². The Morgan fingerprint density at radius 3 is 2.42 bits per heavy atom. The number of carbonyl (C=O) groups is 1. The summed E-state index contributed by atoms with van der Waals surface area (Å²) in [5, 5.41) is 8.10. The molecule has 0 aromatic heterocycles. The first kappa shape index (κ1) is 18.0. The molecule has 0 atom stereocenters. The highest BCUT2D eigenvalue weighted by molar-refractivity contribution is 6.34. The van der Waals surface area contributed by atoms with Gasteiger partial charge in [0.15, 0.2) is 0 Å². The third kappa shape index (κ3) is 4.85. The number of amides is 1. The number of nitrogens with one attached hydrogen (secondary N) is 2. The number of carbonyl (C=O) groups excluding carboxylic acids is 1.